The van der Waals surface area contributed by atoms with Gasteiger partial charge in [0.25, 0.3) is 0 Å². The normalized spacial score (nSPS) is 11.0. The fourth-order valence-electron chi connectivity index (χ4n) is 2.63. The molecule has 4 heteroatoms. The van der Waals surface area contributed by atoms with Crippen LogP contribution in [0.2, 0.25) is 10.0 Å². The van der Waals surface area contributed by atoms with Crippen LogP contribution in [0.5, 0.6) is 0 Å². The van der Waals surface area contributed by atoms with Crippen LogP contribution in [-0.4, -0.2) is 10.9 Å². The van der Waals surface area contributed by atoms with E-state index in [4.69, 9.17) is 23.2 Å². The number of benzene rings is 2. The highest BCUT2D eigenvalue weighted by molar-refractivity contribution is 6.42. The van der Waals surface area contributed by atoms with Crippen LogP contribution in [0.15, 0.2) is 42.5 Å². The summed E-state index contributed by atoms with van der Waals surface area (Å²) in [7, 11) is 0. The summed E-state index contributed by atoms with van der Waals surface area (Å²) in [6.45, 7) is 2.61. The Morgan fingerprint density at radius 3 is 2.57 bits per heavy atom. The molecular formula is C17H13Cl2NO. The van der Waals surface area contributed by atoms with Gasteiger partial charge >= 0.3 is 0 Å². The van der Waals surface area contributed by atoms with E-state index in [1.54, 1.807) is 6.07 Å². The zero-order chi connectivity index (χ0) is 15.0. The molecule has 3 rings (SSSR count). The highest BCUT2D eigenvalue weighted by Crippen LogP contribution is 2.27. The molecule has 0 radical (unpaired) electrons. The van der Waals surface area contributed by atoms with Crippen molar-refractivity contribution in [1.82, 2.24) is 4.57 Å². The first-order chi connectivity index (χ1) is 10.1. The SMILES string of the molecule is Cc1c(C=O)c2ccccc2n1Cc1ccc(Cl)c(Cl)c1. The number of para-hydroxylation sites is 1. The van der Waals surface area contributed by atoms with Crippen LogP contribution in [0, 0.1) is 6.92 Å². The average molecular weight is 318 g/mol. The van der Waals surface area contributed by atoms with Crippen LogP contribution >= 0.6 is 23.2 Å². The second-order valence-electron chi connectivity index (χ2n) is 4.97. The van der Waals surface area contributed by atoms with Crippen LogP contribution in [0.25, 0.3) is 10.9 Å². The van der Waals surface area contributed by atoms with Gasteiger partial charge in [-0.25, -0.2) is 0 Å². The molecule has 0 aliphatic carbocycles. The third-order valence-corrected chi connectivity index (χ3v) is 4.46. The Labute approximate surface area is 132 Å². The Morgan fingerprint density at radius 2 is 1.86 bits per heavy atom. The van der Waals surface area contributed by atoms with Crippen LogP contribution < -0.4 is 0 Å². The maximum absolute atomic E-state index is 11.4. The number of halogens is 2. The first-order valence-electron chi connectivity index (χ1n) is 6.58. The van der Waals surface area contributed by atoms with Gasteiger partial charge in [-0.05, 0) is 30.7 Å². The van der Waals surface area contributed by atoms with Crippen LogP contribution in [-0.2, 0) is 6.54 Å². The lowest BCUT2D eigenvalue weighted by Crippen LogP contribution is -2.02. The van der Waals surface area contributed by atoms with Gasteiger partial charge in [0.2, 0.25) is 0 Å². The molecular weight excluding hydrogens is 305 g/mol. The van der Waals surface area contributed by atoms with Gasteiger partial charge in [0.15, 0.2) is 6.29 Å². The molecule has 0 saturated carbocycles. The molecule has 0 spiro atoms. The first-order valence-corrected chi connectivity index (χ1v) is 7.34. The van der Waals surface area contributed by atoms with Crippen molar-refractivity contribution in [2.45, 2.75) is 13.5 Å². The van der Waals surface area contributed by atoms with Gasteiger partial charge in [-0.3, -0.25) is 4.79 Å². The lowest BCUT2D eigenvalue weighted by molar-refractivity contribution is 0.112. The second-order valence-corrected chi connectivity index (χ2v) is 5.78. The maximum atomic E-state index is 11.4. The molecule has 21 heavy (non-hydrogen) atoms. The van der Waals surface area contributed by atoms with E-state index >= 15 is 0 Å². The Balaban J connectivity index is 2.14. The molecule has 3 aromatic rings. The van der Waals surface area contributed by atoms with Gasteiger partial charge in [-0.1, -0.05) is 47.5 Å². The lowest BCUT2D eigenvalue weighted by atomic mass is 10.1. The molecule has 0 N–H and O–H groups in total. The van der Waals surface area contributed by atoms with Crippen LogP contribution in [0.1, 0.15) is 21.6 Å². The summed E-state index contributed by atoms with van der Waals surface area (Å²) in [6, 6.07) is 13.5. The molecule has 1 aromatic heterocycles. The Bertz CT molecular complexity index is 836. The summed E-state index contributed by atoms with van der Waals surface area (Å²) in [4.78, 5) is 11.4. The number of aldehydes is 1. The minimum absolute atomic E-state index is 0.541. The molecule has 0 bridgehead atoms. The van der Waals surface area contributed by atoms with Gasteiger partial charge in [0.1, 0.15) is 0 Å². The predicted molar refractivity (Wildman–Crippen MR) is 87.6 cm³/mol. The summed E-state index contributed by atoms with van der Waals surface area (Å²) in [6.07, 6.45) is 0.920. The molecule has 0 unspecified atom stereocenters. The highest BCUT2D eigenvalue weighted by atomic mass is 35.5. The van der Waals surface area contributed by atoms with E-state index in [2.05, 4.69) is 4.57 Å². The molecule has 2 aromatic carbocycles. The van der Waals surface area contributed by atoms with Crippen LogP contribution in [0.4, 0.5) is 0 Å². The van der Waals surface area contributed by atoms with E-state index in [0.717, 1.165) is 34.0 Å². The van der Waals surface area contributed by atoms with E-state index < -0.39 is 0 Å². The number of fused-ring (bicyclic) bond motifs is 1. The van der Waals surface area contributed by atoms with Crippen molar-refractivity contribution in [3.63, 3.8) is 0 Å². The minimum Gasteiger partial charge on any atom is -0.340 e. The van der Waals surface area contributed by atoms with Crippen molar-refractivity contribution >= 4 is 40.4 Å². The fraction of sp³-hybridized carbons (Fsp3) is 0.118. The van der Waals surface area contributed by atoms with E-state index in [-0.39, 0.29) is 0 Å². The topological polar surface area (TPSA) is 22.0 Å². The molecule has 2 nitrogen and oxygen atoms in total. The molecule has 1 heterocycles. The van der Waals surface area contributed by atoms with Gasteiger partial charge < -0.3 is 4.57 Å². The summed E-state index contributed by atoms with van der Waals surface area (Å²) < 4.78 is 2.12. The minimum atomic E-state index is 0.541. The molecule has 0 aliphatic rings. The maximum Gasteiger partial charge on any atom is 0.152 e. The zero-order valence-corrected chi connectivity index (χ0v) is 12.9. The summed E-state index contributed by atoms with van der Waals surface area (Å²) in [5.41, 5.74) is 3.79. The van der Waals surface area contributed by atoms with Crippen molar-refractivity contribution in [3.05, 3.63) is 69.3 Å². The monoisotopic (exact) mass is 317 g/mol. The second kappa shape index (κ2) is 5.55. The van der Waals surface area contributed by atoms with Crippen molar-refractivity contribution < 1.29 is 4.79 Å². The smallest absolute Gasteiger partial charge is 0.152 e. The van der Waals surface area contributed by atoms with Gasteiger partial charge in [-0.2, -0.15) is 0 Å². The number of hydrogen-bond donors (Lipinski definition) is 0. The van der Waals surface area contributed by atoms with Crippen LogP contribution in [0.3, 0.4) is 0 Å². The average Bonchev–Trinajstić information content (AvgIpc) is 2.75. The van der Waals surface area contributed by atoms with E-state index in [1.165, 1.54) is 0 Å². The molecule has 0 aliphatic heterocycles. The molecule has 106 valence electrons. The zero-order valence-electron chi connectivity index (χ0n) is 11.4. The van der Waals surface area contributed by atoms with Gasteiger partial charge in [0, 0.05) is 28.7 Å². The first kappa shape index (κ1) is 14.2. The summed E-state index contributed by atoms with van der Waals surface area (Å²) >= 11 is 12.0. The van der Waals surface area contributed by atoms with Crippen molar-refractivity contribution in [2.75, 3.05) is 0 Å². The number of rotatable bonds is 3. The summed E-state index contributed by atoms with van der Waals surface area (Å²) in [5.74, 6) is 0. The van der Waals surface area contributed by atoms with Gasteiger partial charge in [0.05, 0.1) is 10.0 Å². The van der Waals surface area contributed by atoms with E-state index in [1.807, 2.05) is 43.3 Å². The van der Waals surface area contributed by atoms with Crippen molar-refractivity contribution in [2.24, 2.45) is 0 Å². The Morgan fingerprint density at radius 1 is 1.10 bits per heavy atom. The number of carbonyl (C=O) groups excluding carboxylic acids is 1. The van der Waals surface area contributed by atoms with E-state index in [0.29, 0.717) is 16.6 Å². The van der Waals surface area contributed by atoms with E-state index in [9.17, 15) is 4.79 Å². The Hall–Kier alpha value is -1.77. The largest absolute Gasteiger partial charge is 0.340 e. The standard InChI is InChI=1S/C17H13Cl2NO/c1-11-14(10-21)13-4-2-3-5-17(13)20(11)9-12-6-7-15(18)16(19)8-12/h2-8,10H,9H2,1H3. The Kier molecular flexibility index (Phi) is 3.75. The van der Waals surface area contributed by atoms with Gasteiger partial charge in [-0.15, -0.1) is 0 Å². The highest BCUT2D eigenvalue weighted by Gasteiger charge is 2.13. The molecule has 0 amide bonds. The quantitative estimate of drug-likeness (QED) is 0.615. The molecule has 0 saturated heterocycles. The molecule has 0 fully saturated rings. The molecule has 0 atom stereocenters. The lowest BCUT2D eigenvalue weighted by Gasteiger charge is -2.09. The van der Waals surface area contributed by atoms with Crippen molar-refractivity contribution in [1.29, 1.82) is 0 Å². The number of aromatic nitrogens is 1. The number of nitrogens with zero attached hydrogens (tertiary/aromatic N) is 1. The fourth-order valence-corrected chi connectivity index (χ4v) is 2.95. The number of carbonyl (C=O) groups is 1. The third-order valence-electron chi connectivity index (χ3n) is 3.72. The van der Waals surface area contributed by atoms with Crippen molar-refractivity contribution in [3.8, 4) is 0 Å². The predicted octanol–water partition coefficient (Wildman–Crippen LogP) is 5.12. The third kappa shape index (κ3) is 2.45. The number of hydrogen-bond acceptors (Lipinski definition) is 1. The summed E-state index contributed by atoms with van der Waals surface area (Å²) in [5, 5.41) is 2.06.